The minimum atomic E-state index is -1.31. The summed E-state index contributed by atoms with van der Waals surface area (Å²) in [6, 6.07) is 5.49. The van der Waals surface area contributed by atoms with Crippen molar-refractivity contribution in [1.82, 2.24) is 9.80 Å². The third kappa shape index (κ3) is 9.05. The van der Waals surface area contributed by atoms with E-state index in [-0.39, 0.29) is 43.5 Å². The highest BCUT2D eigenvalue weighted by Crippen LogP contribution is 2.62. The molecule has 7 atom stereocenters. The molecular weight excluding hydrogens is 678 g/mol. The van der Waals surface area contributed by atoms with Crippen molar-refractivity contribution >= 4 is 11.8 Å². The Kier molecular flexibility index (Phi) is 14.1. The van der Waals surface area contributed by atoms with E-state index in [0.717, 1.165) is 87.2 Å². The van der Waals surface area contributed by atoms with Gasteiger partial charge in [0, 0.05) is 63.7 Å². The number of hydrogen-bond acceptors (Lipinski definition) is 11. The van der Waals surface area contributed by atoms with Gasteiger partial charge in [0.15, 0.2) is 0 Å². The first-order chi connectivity index (χ1) is 26.0. The quantitative estimate of drug-likeness (QED) is 0.0709. The molecule has 0 spiro atoms. The largest absolute Gasteiger partial charge is 0.492 e. The molecule has 1 amide bonds. The smallest absolute Gasteiger partial charge is 0.409 e. The molecule has 12 heteroatoms. The molecule has 294 valence electrons. The maximum atomic E-state index is 13.7. The van der Waals surface area contributed by atoms with Gasteiger partial charge in [0.2, 0.25) is 12.1 Å². The molecule has 0 radical (unpaired) electrons. The Bertz CT molecular complexity index is 1430. The monoisotopic (exact) mass is 739 g/mol. The van der Waals surface area contributed by atoms with Crippen LogP contribution >= 0.6 is 0 Å². The molecule has 3 aliphatic heterocycles. The van der Waals surface area contributed by atoms with Crippen LogP contribution in [0, 0.1) is 17.8 Å². The Morgan fingerprint density at radius 3 is 2.66 bits per heavy atom. The Labute approximate surface area is 315 Å². The van der Waals surface area contributed by atoms with Crippen LogP contribution in [0.4, 0.5) is 4.79 Å². The lowest BCUT2D eigenvalue weighted by Crippen LogP contribution is -2.70. The van der Waals surface area contributed by atoms with Gasteiger partial charge in [-0.25, -0.2) is 4.79 Å². The maximum absolute atomic E-state index is 13.7. The predicted octanol–water partition coefficient (Wildman–Crippen LogP) is 6.02. The minimum Gasteiger partial charge on any atom is -0.492 e. The molecule has 3 fully saturated rings. The van der Waals surface area contributed by atoms with Gasteiger partial charge in [-0.3, -0.25) is 9.80 Å². The van der Waals surface area contributed by atoms with Gasteiger partial charge in [-0.05, 0) is 80.6 Å². The standard InChI is InChI=1S/C41H61N3O9/c1-4-17-44(40(47)48-3)36-28-34(42-53-37-14-8-11-24-50-37)32-26-29(12-6-9-21-45)31(13-7-10-22-46)38-33-27-30(49-25-20-43-18-19-43)15-16-35(33)52-41(36,39(32)38)51-23-5-2/h5,15-16,26-27,29,31,36-39,45-46H,2,4,6-14,17-25,28H2,1,3H3. The van der Waals surface area contributed by atoms with E-state index in [1.807, 2.05) is 19.1 Å². The number of carbonyl (C=O) groups is 1. The number of aliphatic hydroxyl groups is 2. The summed E-state index contributed by atoms with van der Waals surface area (Å²) < 4.78 is 31.9. The van der Waals surface area contributed by atoms with Crippen LogP contribution in [-0.2, 0) is 19.0 Å². The second-order valence-electron chi connectivity index (χ2n) is 15.0. The molecule has 2 aliphatic carbocycles. The van der Waals surface area contributed by atoms with Gasteiger partial charge in [-0.1, -0.05) is 37.1 Å². The Balaban J connectivity index is 1.54. The van der Waals surface area contributed by atoms with Gasteiger partial charge in [-0.2, -0.15) is 0 Å². The van der Waals surface area contributed by atoms with Crippen molar-refractivity contribution in [2.45, 2.75) is 102 Å². The number of fused-ring (bicyclic) bond motifs is 2. The molecule has 2 N–H and O–H groups in total. The van der Waals surface area contributed by atoms with E-state index < -0.39 is 24.2 Å². The Hall–Kier alpha value is -3.16. The van der Waals surface area contributed by atoms with Crippen molar-refractivity contribution in [3.8, 4) is 11.5 Å². The predicted molar refractivity (Wildman–Crippen MR) is 201 cm³/mol. The van der Waals surface area contributed by atoms with Crippen LogP contribution in [0.25, 0.3) is 0 Å². The third-order valence-corrected chi connectivity index (χ3v) is 11.5. The number of oxime groups is 1. The number of rotatable bonds is 20. The molecule has 12 nitrogen and oxygen atoms in total. The fraction of sp³-hybridized carbons (Fsp3) is 0.707. The molecule has 5 aliphatic rings. The van der Waals surface area contributed by atoms with E-state index in [0.29, 0.717) is 51.2 Å². The van der Waals surface area contributed by atoms with Crippen LogP contribution in [0.2, 0.25) is 0 Å². The number of amides is 1. The van der Waals surface area contributed by atoms with Crippen molar-refractivity contribution in [3.63, 3.8) is 0 Å². The summed E-state index contributed by atoms with van der Waals surface area (Å²) in [7, 11) is 1.41. The highest BCUT2D eigenvalue weighted by Gasteiger charge is 2.65. The van der Waals surface area contributed by atoms with Crippen LogP contribution in [0.1, 0.15) is 89.0 Å². The van der Waals surface area contributed by atoms with Crippen LogP contribution in [-0.4, -0.2) is 116 Å². The summed E-state index contributed by atoms with van der Waals surface area (Å²) in [5.74, 6) is -0.0329. The van der Waals surface area contributed by atoms with E-state index in [4.69, 9.17) is 33.7 Å². The fourth-order valence-corrected chi connectivity index (χ4v) is 8.97. The number of hydrogen-bond donors (Lipinski definition) is 2. The zero-order valence-corrected chi connectivity index (χ0v) is 31.8. The molecule has 0 aromatic heterocycles. The van der Waals surface area contributed by atoms with E-state index in [1.165, 1.54) is 7.11 Å². The van der Waals surface area contributed by atoms with Crippen LogP contribution in [0.15, 0.2) is 47.7 Å². The average Bonchev–Trinajstić information content (AvgIpc) is 4.01. The summed E-state index contributed by atoms with van der Waals surface area (Å²) in [5.41, 5.74) is 2.79. The lowest BCUT2D eigenvalue weighted by Gasteiger charge is -2.59. The van der Waals surface area contributed by atoms with Crippen molar-refractivity contribution in [2.24, 2.45) is 22.9 Å². The highest BCUT2D eigenvalue weighted by molar-refractivity contribution is 6.03. The van der Waals surface area contributed by atoms with Crippen molar-refractivity contribution in [3.05, 3.63) is 48.1 Å². The summed E-state index contributed by atoms with van der Waals surface area (Å²) >= 11 is 0. The van der Waals surface area contributed by atoms with Gasteiger partial charge >= 0.3 is 6.09 Å². The van der Waals surface area contributed by atoms with Crippen LogP contribution in [0.3, 0.4) is 0 Å². The topological polar surface area (TPSA) is 132 Å². The van der Waals surface area contributed by atoms with Crippen molar-refractivity contribution in [2.75, 3.05) is 66.3 Å². The maximum Gasteiger partial charge on any atom is 0.409 e. The number of ether oxygens (including phenoxy) is 5. The number of allylic oxidation sites excluding steroid dienone is 1. The molecule has 1 aromatic carbocycles. The van der Waals surface area contributed by atoms with E-state index in [2.05, 4.69) is 23.6 Å². The molecule has 1 aromatic rings. The van der Waals surface area contributed by atoms with Gasteiger partial charge in [0.05, 0.1) is 32.0 Å². The third-order valence-electron chi connectivity index (χ3n) is 11.5. The van der Waals surface area contributed by atoms with Gasteiger partial charge in [0.1, 0.15) is 24.1 Å². The summed E-state index contributed by atoms with van der Waals surface area (Å²) in [6.45, 7) is 11.3. The average molecular weight is 740 g/mol. The van der Waals surface area contributed by atoms with Gasteiger partial charge in [0.25, 0.3) is 0 Å². The number of aliphatic hydroxyl groups excluding tert-OH is 2. The van der Waals surface area contributed by atoms with E-state index in [9.17, 15) is 15.0 Å². The second-order valence-corrected chi connectivity index (χ2v) is 15.0. The zero-order valence-electron chi connectivity index (χ0n) is 31.8. The highest BCUT2D eigenvalue weighted by atomic mass is 16.8. The fourth-order valence-electron chi connectivity index (χ4n) is 8.97. The molecule has 53 heavy (non-hydrogen) atoms. The number of nitrogens with zero attached hydrogens (tertiary/aromatic N) is 3. The normalized spacial score (nSPS) is 29.7. The molecule has 7 unspecified atom stereocenters. The van der Waals surface area contributed by atoms with Crippen molar-refractivity contribution in [1.29, 1.82) is 0 Å². The first kappa shape index (κ1) is 39.5. The SMILES string of the molecule is C=CCOC12Oc3ccc(OCCN4CC4)cc3C3C(CCCCO)C(CCCCO)C=C(C(=NOC4CCCCO4)CC1N(CCC)C(=O)OC)C32. The molecule has 6 rings (SSSR count). The number of carbonyl (C=O) groups excluding carboxylic acids is 1. The first-order valence-electron chi connectivity index (χ1n) is 20.0. The lowest BCUT2D eigenvalue weighted by molar-refractivity contribution is -0.255. The second kappa shape index (κ2) is 18.9. The van der Waals surface area contributed by atoms with E-state index in [1.54, 1.807) is 11.0 Å². The van der Waals surface area contributed by atoms with Gasteiger partial charge in [-0.15, -0.1) is 6.58 Å². The lowest BCUT2D eigenvalue weighted by atomic mass is 9.55. The summed E-state index contributed by atoms with van der Waals surface area (Å²) in [4.78, 5) is 24.0. The number of benzene rings is 1. The molecule has 1 saturated carbocycles. The Morgan fingerprint density at radius 2 is 1.96 bits per heavy atom. The molecule has 2 saturated heterocycles. The molecule has 3 heterocycles. The zero-order chi connectivity index (χ0) is 37.2. The number of unbranched alkanes of at least 4 members (excludes halogenated alkanes) is 2. The van der Waals surface area contributed by atoms with E-state index >= 15 is 0 Å². The van der Waals surface area contributed by atoms with Crippen LogP contribution < -0.4 is 9.47 Å². The van der Waals surface area contributed by atoms with Crippen LogP contribution in [0.5, 0.6) is 11.5 Å². The van der Waals surface area contributed by atoms with Crippen molar-refractivity contribution < 1.29 is 43.5 Å². The van der Waals surface area contributed by atoms with Gasteiger partial charge < -0.3 is 38.7 Å². The first-order valence-corrected chi connectivity index (χ1v) is 20.0. The molecular formula is C41H61N3O9. The summed E-state index contributed by atoms with van der Waals surface area (Å²) in [6.07, 6.45) is 11.9. The Morgan fingerprint density at radius 1 is 1.15 bits per heavy atom. The number of methoxy groups -OCH3 is 1. The molecule has 0 bridgehead atoms. The summed E-state index contributed by atoms with van der Waals surface area (Å²) in [5, 5.41) is 24.6. The minimum absolute atomic E-state index is 0.114.